The van der Waals surface area contributed by atoms with Crippen molar-refractivity contribution in [3.63, 3.8) is 0 Å². The fraction of sp³-hybridized carbons (Fsp3) is 0.571. The molecule has 0 aromatic heterocycles. The first kappa shape index (κ1) is 14.6. The molecule has 0 atom stereocenters. The van der Waals surface area contributed by atoms with Crippen LogP contribution in [0.4, 0.5) is 0 Å². The largest absolute Gasteiger partial charge is 0.379 e. The van der Waals surface area contributed by atoms with Gasteiger partial charge in [0.1, 0.15) is 0 Å². The second-order valence-corrected chi connectivity index (χ2v) is 4.54. The van der Waals surface area contributed by atoms with Gasteiger partial charge >= 0.3 is 0 Å². The van der Waals surface area contributed by atoms with Crippen molar-refractivity contribution in [2.24, 2.45) is 0 Å². The van der Waals surface area contributed by atoms with Crippen molar-refractivity contribution in [3.05, 3.63) is 35.9 Å². The van der Waals surface area contributed by atoms with Crippen molar-refractivity contribution in [1.29, 1.82) is 0 Å². The van der Waals surface area contributed by atoms with Crippen LogP contribution in [0.15, 0.2) is 30.3 Å². The van der Waals surface area contributed by atoms with Gasteiger partial charge in [0, 0.05) is 18.8 Å². The number of nitrogens with zero attached hydrogens (tertiary/aromatic N) is 1. The van der Waals surface area contributed by atoms with Crippen LogP contribution in [0.3, 0.4) is 0 Å². The highest BCUT2D eigenvalue weighted by Gasteiger charge is 2.04. The molecule has 3 heteroatoms. The van der Waals surface area contributed by atoms with E-state index in [1.807, 2.05) is 0 Å². The average Bonchev–Trinajstić information content (AvgIpc) is 2.36. The third-order valence-corrected chi connectivity index (χ3v) is 2.76. The molecule has 0 amide bonds. The van der Waals surface area contributed by atoms with Gasteiger partial charge in [0.15, 0.2) is 0 Å². The Hall–Kier alpha value is -0.510. The summed E-state index contributed by atoms with van der Waals surface area (Å²) in [6, 6.07) is 10.6. The summed E-state index contributed by atoms with van der Waals surface area (Å²) < 4.78 is 5.48. The van der Waals surface area contributed by atoms with Crippen LogP contribution in [0, 0.1) is 0 Å². The maximum absolute atomic E-state index is 5.48. The van der Waals surface area contributed by atoms with Crippen LogP contribution in [0.1, 0.15) is 18.9 Å². The Bertz CT molecular complexity index is 279. The molecule has 0 saturated carbocycles. The number of thiol groups is 1. The van der Waals surface area contributed by atoms with Gasteiger partial charge < -0.3 is 4.74 Å². The zero-order valence-electron chi connectivity index (χ0n) is 10.6. The zero-order chi connectivity index (χ0) is 12.3. The first-order valence-corrected chi connectivity index (χ1v) is 6.95. The predicted molar refractivity (Wildman–Crippen MR) is 76.7 cm³/mol. The summed E-state index contributed by atoms with van der Waals surface area (Å²) in [7, 11) is 0. The van der Waals surface area contributed by atoms with Gasteiger partial charge in [-0.2, -0.15) is 12.6 Å². The van der Waals surface area contributed by atoms with E-state index in [1.165, 1.54) is 12.0 Å². The van der Waals surface area contributed by atoms with Crippen molar-refractivity contribution in [1.82, 2.24) is 4.90 Å². The molecule has 0 radical (unpaired) electrons. The van der Waals surface area contributed by atoms with Gasteiger partial charge in [-0.3, -0.25) is 4.90 Å². The molecule has 0 spiro atoms. The molecular weight excluding hydrogens is 230 g/mol. The van der Waals surface area contributed by atoms with Gasteiger partial charge in [0.05, 0.1) is 13.2 Å². The standard InChI is InChI=1S/C14H23NOS/c1-2-8-15(9-10-16-11-12-17)13-14-6-4-3-5-7-14/h3-7,17H,2,8-13H2,1H3. The fourth-order valence-corrected chi connectivity index (χ4v) is 1.92. The Balaban J connectivity index is 2.32. The molecule has 1 aromatic carbocycles. The molecule has 0 saturated heterocycles. The average molecular weight is 253 g/mol. The number of hydrogen-bond donors (Lipinski definition) is 1. The highest BCUT2D eigenvalue weighted by atomic mass is 32.1. The monoisotopic (exact) mass is 253 g/mol. The smallest absolute Gasteiger partial charge is 0.0593 e. The maximum Gasteiger partial charge on any atom is 0.0593 e. The number of hydrogen-bond acceptors (Lipinski definition) is 3. The first-order valence-electron chi connectivity index (χ1n) is 6.31. The van der Waals surface area contributed by atoms with Crippen LogP contribution in [0.2, 0.25) is 0 Å². The zero-order valence-corrected chi connectivity index (χ0v) is 11.5. The minimum Gasteiger partial charge on any atom is -0.379 e. The van der Waals surface area contributed by atoms with E-state index in [2.05, 4.69) is 54.8 Å². The number of ether oxygens (including phenoxy) is 1. The van der Waals surface area contributed by atoms with Crippen molar-refractivity contribution in [3.8, 4) is 0 Å². The number of rotatable bonds is 9. The van der Waals surface area contributed by atoms with E-state index < -0.39 is 0 Å². The van der Waals surface area contributed by atoms with Crippen LogP contribution in [-0.2, 0) is 11.3 Å². The fourth-order valence-electron chi connectivity index (χ4n) is 1.79. The molecule has 2 nitrogen and oxygen atoms in total. The van der Waals surface area contributed by atoms with Gasteiger partial charge in [0.2, 0.25) is 0 Å². The lowest BCUT2D eigenvalue weighted by Gasteiger charge is -2.21. The molecule has 1 aromatic rings. The molecular formula is C14H23NOS. The Morgan fingerprint density at radius 1 is 1.12 bits per heavy atom. The molecule has 96 valence electrons. The van der Waals surface area contributed by atoms with E-state index in [1.54, 1.807) is 0 Å². The van der Waals surface area contributed by atoms with Crippen LogP contribution < -0.4 is 0 Å². The van der Waals surface area contributed by atoms with Crippen molar-refractivity contribution in [2.45, 2.75) is 19.9 Å². The summed E-state index contributed by atoms with van der Waals surface area (Å²) in [5, 5.41) is 0. The molecule has 0 aliphatic heterocycles. The molecule has 0 fully saturated rings. The second kappa shape index (κ2) is 9.51. The van der Waals surface area contributed by atoms with Crippen molar-refractivity contribution >= 4 is 12.6 Å². The van der Waals surface area contributed by atoms with Gasteiger partial charge in [-0.15, -0.1) is 0 Å². The Kier molecular flexibility index (Phi) is 8.14. The van der Waals surface area contributed by atoms with Crippen molar-refractivity contribution in [2.75, 3.05) is 32.1 Å². The molecule has 0 aliphatic rings. The molecule has 0 heterocycles. The topological polar surface area (TPSA) is 12.5 Å². The van der Waals surface area contributed by atoms with Crippen molar-refractivity contribution < 1.29 is 4.74 Å². The van der Waals surface area contributed by atoms with E-state index in [0.29, 0.717) is 0 Å². The minimum absolute atomic E-state index is 0.744. The van der Waals surface area contributed by atoms with Gasteiger partial charge in [-0.25, -0.2) is 0 Å². The van der Waals surface area contributed by atoms with E-state index in [-0.39, 0.29) is 0 Å². The van der Waals surface area contributed by atoms with Crippen LogP contribution in [0.25, 0.3) is 0 Å². The summed E-state index contributed by atoms with van der Waals surface area (Å²) in [6.45, 7) is 6.89. The van der Waals surface area contributed by atoms with E-state index in [9.17, 15) is 0 Å². The summed E-state index contributed by atoms with van der Waals surface area (Å²) in [6.07, 6.45) is 1.18. The number of benzene rings is 1. The normalized spacial score (nSPS) is 11.0. The maximum atomic E-state index is 5.48. The summed E-state index contributed by atoms with van der Waals surface area (Å²) >= 11 is 4.13. The third kappa shape index (κ3) is 6.71. The van der Waals surface area contributed by atoms with Crippen LogP contribution in [0.5, 0.6) is 0 Å². The molecule has 17 heavy (non-hydrogen) atoms. The van der Waals surface area contributed by atoms with E-state index in [4.69, 9.17) is 4.74 Å². The van der Waals surface area contributed by atoms with E-state index >= 15 is 0 Å². The van der Waals surface area contributed by atoms with Gasteiger partial charge in [0.25, 0.3) is 0 Å². The molecule has 0 aliphatic carbocycles. The quantitative estimate of drug-likeness (QED) is 0.537. The predicted octanol–water partition coefficient (Wildman–Crippen LogP) is 2.85. The lowest BCUT2D eigenvalue weighted by Crippen LogP contribution is -2.28. The van der Waals surface area contributed by atoms with Gasteiger partial charge in [-0.05, 0) is 18.5 Å². The van der Waals surface area contributed by atoms with E-state index in [0.717, 1.165) is 38.6 Å². The summed E-state index contributed by atoms with van der Waals surface area (Å²) in [5.41, 5.74) is 1.37. The molecule has 0 bridgehead atoms. The van der Waals surface area contributed by atoms with Crippen LogP contribution >= 0.6 is 12.6 Å². The molecule has 1 rings (SSSR count). The minimum atomic E-state index is 0.744. The SMILES string of the molecule is CCCN(CCOCCS)Cc1ccccc1. The van der Waals surface area contributed by atoms with Gasteiger partial charge in [-0.1, -0.05) is 37.3 Å². The third-order valence-electron chi connectivity index (χ3n) is 2.58. The second-order valence-electron chi connectivity index (χ2n) is 4.10. The van der Waals surface area contributed by atoms with Crippen LogP contribution in [-0.4, -0.2) is 37.0 Å². The highest BCUT2D eigenvalue weighted by molar-refractivity contribution is 7.80. The lowest BCUT2D eigenvalue weighted by atomic mass is 10.2. The molecule has 0 unspecified atom stereocenters. The highest BCUT2D eigenvalue weighted by Crippen LogP contribution is 2.04. The summed E-state index contributed by atoms with van der Waals surface area (Å²) in [5.74, 6) is 0.798. The molecule has 0 N–H and O–H groups in total. The summed E-state index contributed by atoms with van der Waals surface area (Å²) in [4.78, 5) is 2.44. The Labute approximate surface area is 110 Å². The lowest BCUT2D eigenvalue weighted by molar-refractivity contribution is 0.112. The first-order chi connectivity index (χ1) is 8.36. The Morgan fingerprint density at radius 3 is 2.53 bits per heavy atom. The Morgan fingerprint density at radius 2 is 1.88 bits per heavy atom.